The lowest BCUT2D eigenvalue weighted by molar-refractivity contribution is 0.0656. The zero-order chi connectivity index (χ0) is 15.2. The van der Waals surface area contributed by atoms with Gasteiger partial charge in [-0.2, -0.15) is 0 Å². The van der Waals surface area contributed by atoms with Gasteiger partial charge in [0.2, 0.25) is 0 Å². The van der Waals surface area contributed by atoms with Crippen LogP contribution >= 0.6 is 0 Å². The van der Waals surface area contributed by atoms with E-state index in [0.29, 0.717) is 11.8 Å². The van der Waals surface area contributed by atoms with E-state index in [4.69, 9.17) is 4.74 Å². The summed E-state index contributed by atoms with van der Waals surface area (Å²) in [5.74, 6) is 1.23. The Balaban J connectivity index is 1.83. The predicted octanol–water partition coefficient (Wildman–Crippen LogP) is 3.20. The fraction of sp³-hybridized carbons (Fsp3) is 0.667. The molecule has 1 saturated heterocycles. The number of aliphatic hydroxyl groups is 1. The second kappa shape index (κ2) is 7.92. The smallest absolute Gasteiger partial charge is 0.0916 e. The molecule has 0 bridgehead atoms. The largest absolute Gasteiger partial charge is 0.387 e. The second-order valence-corrected chi connectivity index (χ2v) is 6.54. The zero-order valence-electron chi connectivity index (χ0n) is 13.6. The van der Waals surface area contributed by atoms with Crippen molar-refractivity contribution in [1.29, 1.82) is 0 Å². The molecule has 1 aromatic rings. The Hall–Kier alpha value is -0.900. The number of ether oxygens (including phenoxy) is 1. The maximum absolute atomic E-state index is 10.4. The van der Waals surface area contributed by atoms with E-state index < -0.39 is 0 Å². The molecule has 0 saturated carbocycles. The third kappa shape index (κ3) is 4.80. The van der Waals surface area contributed by atoms with Crippen molar-refractivity contribution in [3.8, 4) is 0 Å². The lowest BCUT2D eigenvalue weighted by Crippen LogP contribution is -2.37. The summed E-state index contributed by atoms with van der Waals surface area (Å²) in [7, 11) is 1.77. The number of β-amino-alcohol motifs (C(OH)–C–C–N with tert-alkyl or cyclic N) is 1. The first kappa shape index (κ1) is 16.5. The number of benzene rings is 1. The van der Waals surface area contributed by atoms with Crippen molar-refractivity contribution in [2.75, 3.05) is 33.4 Å². The number of methoxy groups -OCH3 is 1. The summed E-state index contributed by atoms with van der Waals surface area (Å²) in [6.45, 7) is 8.11. The molecule has 3 nitrogen and oxygen atoms in total. The molecule has 1 atom stereocenters. The van der Waals surface area contributed by atoms with Crippen LogP contribution in [0.5, 0.6) is 0 Å². The fourth-order valence-electron chi connectivity index (χ4n) is 3.02. The Morgan fingerprint density at radius 2 is 1.71 bits per heavy atom. The lowest BCUT2D eigenvalue weighted by atomic mass is 9.96. The van der Waals surface area contributed by atoms with E-state index in [1.54, 1.807) is 7.11 Å². The highest BCUT2D eigenvalue weighted by molar-refractivity contribution is 5.26. The van der Waals surface area contributed by atoms with Crippen molar-refractivity contribution in [3.63, 3.8) is 0 Å². The van der Waals surface area contributed by atoms with Crippen LogP contribution in [0, 0.1) is 5.92 Å². The van der Waals surface area contributed by atoms with Crippen molar-refractivity contribution in [2.45, 2.75) is 38.7 Å². The van der Waals surface area contributed by atoms with Crippen molar-refractivity contribution >= 4 is 0 Å². The van der Waals surface area contributed by atoms with Gasteiger partial charge in [-0.15, -0.1) is 0 Å². The van der Waals surface area contributed by atoms with Crippen LogP contribution in [-0.2, 0) is 4.74 Å². The van der Waals surface area contributed by atoms with Gasteiger partial charge in [0.05, 0.1) is 6.10 Å². The van der Waals surface area contributed by atoms with Crippen molar-refractivity contribution in [2.24, 2.45) is 5.92 Å². The lowest BCUT2D eigenvalue weighted by Gasteiger charge is -2.32. The highest BCUT2D eigenvalue weighted by atomic mass is 16.5. The SMILES string of the molecule is COCC1CCN(CC(O)c2ccc(C(C)C)cc2)CC1. The monoisotopic (exact) mass is 291 g/mol. The van der Waals surface area contributed by atoms with Gasteiger partial charge in [-0.1, -0.05) is 38.1 Å². The minimum Gasteiger partial charge on any atom is -0.387 e. The van der Waals surface area contributed by atoms with Gasteiger partial charge in [0.15, 0.2) is 0 Å². The molecule has 0 amide bonds. The van der Waals surface area contributed by atoms with E-state index in [-0.39, 0.29) is 6.10 Å². The summed E-state index contributed by atoms with van der Waals surface area (Å²) < 4.78 is 5.23. The van der Waals surface area contributed by atoms with Gasteiger partial charge in [-0.25, -0.2) is 0 Å². The number of nitrogens with zero attached hydrogens (tertiary/aromatic N) is 1. The third-order valence-electron chi connectivity index (χ3n) is 4.53. The topological polar surface area (TPSA) is 32.7 Å². The normalized spacial score (nSPS) is 19.1. The van der Waals surface area contributed by atoms with E-state index in [0.717, 1.165) is 31.8 Å². The Bertz CT molecular complexity index is 408. The van der Waals surface area contributed by atoms with Crippen molar-refractivity contribution in [1.82, 2.24) is 4.90 Å². The van der Waals surface area contributed by atoms with Crippen molar-refractivity contribution < 1.29 is 9.84 Å². The number of hydrogen-bond acceptors (Lipinski definition) is 3. The average molecular weight is 291 g/mol. The van der Waals surface area contributed by atoms with Gasteiger partial charge >= 0.3 is 0 Å². The molecule has 1 unspecified atom stereocenters. The molecule has 1 fully saturated rings. The maximum atomic E-state index is 10.4. The highest BCUT2D eigenvalue weighted by Gasteiger charge is 2.21. The summed E-state index contributed by atoms with van der Waals surface area (Å²) in [4.78, 5) is 2.37. The first-order valence-electron chi connectivity index (χ1n) is 8.09. The van der Waals surface area contributed by atoms with E-state index in [2.05, 4.69) is 43.0 Å². The Kier molecular flexibility index (Phi) is 6.22. The quantitative estimate of drug-likeness (QED) is 0.873. The third-order valence-corrected chi connectivity index (χ3v) is 4.53. The fourth-order valence-corrected chi connectivity index (χ4v) is 3.02. The molecular formula is C18H29NO2. The molecule has 1 aliphatic heterocycles. The van der Waals surface area contributed by atoms with Gasteiger partial charge < -0.3 is 14.7 Å². The number of piperidine rings is 1. The number of rotatable bonds is 6. The average Bonchev–Trinajstić information content (AvgIpc) is 2.49. The highest BCUT2D eigenvalue weighted by Crippen LogP contribution is 2.22. The summed E-state index contributed by atoms with van der Waals surface area (Å²) >= 11 is 0. The molecule has 1 aliphatic rings. The van der Waals surface area contributed by atoms with E-state index in [1.165, 1.54) is 18.4 Å². The molecule has 1 heterocycles. The number of hydrogen-bond donors (Lipinski definition) is 1. The van der Waals surface area contributed by atoms with Crippen LogP contribution in [-0.4, -0.2) is 43.4 Å². The first-order chi connectivity index (χ1) is 10.1. The molecule has 3 heteroatoms. The van der Waals surface area contributed by atoms with Gasteiger partial charge in [0, 0.05) is 20.3 Å². The van der Waals surface area contributed by atoms with Gasteiger partial charge in [0.25, 0.3) is 0 Å². The van der Waals surface area contributed by atoms with E-state index in [1.807, 2.05) is 0 Å². The molecule has 2 rings (SSSR count). The zero-order valence-corrected chi connectivity index (χ0v) is 13.6. The summed E-state index contributed by atoms with van der Waals surface area (Å²) in [6.07, 6.45) is 1.96. The Morgan fingerprint density at radius 1 is 1.14 bits per heavy atom. The van der Waals surface area contributed by atoms with E-state index >= 15 is 0 Å². The summed E-state index contributed by atoms with van der Waals surface area (Å²) in [5.41, 5.74) is 2.35. The van der Waals surface area contributed by atoms with E-state index in [9.17, 15) is 5.11 Å². The maximum Gasteiger partial charge on any atom is 0.0916 e. The predicted molar refractivity (Wildman–Crippen MR) is 86.5 cm³/mol. The first-order valence-corrected chi connectivity index (χ1v) is 8.09. The number of aliphatic hydroxyl groups excluding tert-OH is 1. The molecule has 1 aromatic carbocycles. The second-order valence-electron chi connectivity index (χ2n) is 6.54. The van der Waals surface area contributed by atoms with Gasteiger partial charge in [-0.3, -0.25) is 0 Å². The van der Waals surface area contributed by atoms with Crippen LogP contribution in [0.2, 0.25) is 0 Å². The minimum absolute atomic E-state index is 0.384. The summed E-state index contributed by atoms with van der Waals surface area (Å²) in [6, 6.07) is 8.40. The molecule has 0 spiro atoms. The van der Waals surface area contributed by atoms with Crippen LogP contribution in [0.4, 0.5) is 0 Å². The Morgan fingerprint density at radius 3 is 2.24 bits per heavy atom. The molecule has 1 N–H and O–H groups in total. The van der Waals surface area contributed by atoms with Crippen LogP contribution < -0.4 is 0 Å². The Labute approximate surface area is 128 Å². The van der Waals surface area contributed by atoms with Crippen LogP contribution in [0.1, 0.15) is 49.8 Å². The minimum atomic E-state index is -0.384. The molecule has 0 radical (unpaired) electrons. The standard InChI is InChI=1S/C18H29NO2/c1-14(2)16-4-6-17(7-5-16)18(20)12-19-10-8-15(9-11-19)13-21-3/h4-7,14-15,18,20H,8-13H2,1-3H3. The molecule has 0 aliphatic carbocycles. The molecule has 0 aromatic heterocycles. The van der Waals surface area contributed by atoms with Crippen LogP contribution in [0.25, 0.3) is 0 Å². The molecule has 118 valence electrons. The van der Waals surface area contributed by atoms with Crippen LogP contribution in [0.3, 0.4) is 0 Å². The summed E-state index contributed by atoms with van der Waals surface area (Å²) in [5, 5.41) is 10.4. The van der Waals surface area contributed by atoms with Gasteiger partial charge in [-0.05, 0) is 48.9 Å². The van der Waals surface area contributed by atoms with Crippen LogP contribution in [0.15, 0.2) is 24.3 Å². The molecular weight excluding hydrogens is 262 g/mol. The van der Waals surface area contributed by atoms with Gasteiger partial charge in [0.1, 0.15) is 0 Å². The number of likely N-dealkylation sites (tertiary alicyclic amines) is 1. The van der Waals surface area contributed by atoms with Crippen molar-refractivity contribution in [3.05, 3.63) is 35.4 Å². The molecule has 21 heavy (non-hydrogen) atoms.